The Morgan fingerprint density at radius 3 is 2.89 bits per heavy atom. The van der Waals surface area contributed by atoms with Crippen LogP contribution in [-0.4, -0.2) is 47.7 Å². The summed E-state index contributed by atoms with van der Waals surface area (Å²) < 4.78 is 5.73. The van der Waals surface area contributed by atoms with Gasteiger partial charge in [0.05, 0.1) is 6.10 Å². The van der Waals surface area contributed by atoms with Crippen molar-refractivity contribution in [3.8, 4) is 0 Å². The van der Waals surface area contributed by atoms with Crippen LogP contribution in [0.4, 0.5) is 0 Å². The van der Waals surface area contributed by atoms with Crippen LogP contribution in [-0.2, 0) is 9.53 Å². The number of carbonyl (C=O) groups excluding carboxylic acids is 1. The maximum atomic E-state index is 12.5. The Kier molecular flexibility index (Phi) is 4.29. The third-order valence-corrected chi connectivity index (χ3v) is 3.98. The molecule has 1 saturated heterocycles. The molecule has 0 aromatic rings. The average Bonchev–Trinajstić information content (AvgIpc) is 3.25. The number of nitrogens with zero attached hydrogens (tertiary/aromatic N) is 2. The maximum absolute atomic E-state index is 12.5. The first-order valence-corrected chi connectivity index (χ1v) is 7.03. The molecule has 1 amide bonds. The zero-order chi connectivity index (χ0) is 13.9. The first-order valence-electron chi connectivity index (χ1n) is 7.03. The molecule has 2 fully saturated rings. The van der Waals surface area contributed by atoms with E-state index in [-0.39, 0.29) is 17.8 Å². The second-order valence-electron chi connectivity index (χ2n) is 5.45. The van der Waals surface area contributed by atoms with Crippen molar-refractivity contribution < 1.29 is 14.7 Å². The van der Waals surface area contributed by atoms with Crippen molar-refractivity contribution in [2.45, 2.75) is 45.1 Å². The Morgan fingerprint density at radius 1 is 1.58 bits per heavy atom. The van der Waals surface area contributed by atoms with Gasteiger partial charge in [0.2, 0.25) is 5.91 Å². The van der Waals surface area contributed by atoms with E-state index in [1.807, 2.05) is 4.90 Å². The van der Waals surface area contributed by atoms with Crippen molar-refractivity contribution >= 4 is 11.7 Å². The highest BCUT2D eigenvalue weighted by Crippen LogP contribution is 2.47. The number of carbonyl (C=O) groups is 1. The molecule has 0 aromatic carbocycles. The second-order valence-corrected chi connectivity index (χ2v) is 5.45. The number of amidine groups is 1. The van der Waals surface area contributed by atoms with Gasteiger partial charge in [0, 0.05) is 19.7 Å². The quantitative estimate of drug-likeness (QED) is 0.336. The van der Waals surface area contributed by atoms with Gasteiger partial charge in [0.25, 0.3) is 0 Å². The number of hydrogen-bond donors (Lipinski definition) is 2. The smallest absolute Gasteiger partial charge is 0.236 e. The van der Waals surface area contributed by atoms with Gasteiger partial charge >= 0.3 is 0 Å². The molecule has 0 radical (unpaired) electrons. The Balaban J connectivity index is 1.96. The van der Waals surface area contributed by atoms with Crippen molar-refractivity contribution in [2.24, 2.45) is 16.3 Å². The summed E-state index contributed by atoms with van der Waals surface area (Å²) in [6, 6.07) is 0. The van der Waals surface area contributed by atoms with Gasteiger partial charge in [-0.15, -0.1) is 0 Å². The zero-order valence-electron chi connectivity index (χ0n) is 11.5. The van der Waals surface area contributed by atoms with Gasteiger partial charge in [-0.3, -0.25) is 4.79 Å². The molecule has 2 aliphatic rings. The SMILES string of the molecule is CCCOC1CCCN(C(=O)C2(C(N)=NO)CC2)C1. The number of ether oxygens (including phenoxy) is 1. The summed E-state index contributed by atoms with van der Waals surface area (Å²) in [6.07, 6.45) is 4.42. The van der Waals surface area contributed by atoms with Gasteiger partial charge < -0.3 is 20.6 Å². The molecule has 2 rings (SSSR count). The van der Waals surface area contributed by atoms with Crippen LogP contribution in [0.2, 0.25) is 0 Å². The number of piperidine rings is 1. The van der Waals surface area contributed by atoms with Crippen molar-refractivity contribution in [1.82, 2.24) is 4.90 Å². The molecular formula is C13H23N3O3. The summed E-state index contributed by atoms with van der Waals surface area (Å²) in [5, 5.41) is 11.8. The summed E-state index contributed by atoms with van der Waals surface area (Å²) >= 11 is 0. The fraction of sp³-hybridized carbons (Fsp3) is 0.846. The van der Waals surface area contributed by atoms with Gasteiger partial charge in [-0.05, 0) is 32.1 Å². The summed E-state index contributed by atoms with van der Waals surface area (Å²) in [6.45, 7) is 4.17. The lowest BCUT2D eigenvalue weighted by Gasteiger charge is -2.34. The first kappa shape index (κ1) is 14.1. The van der Waals surface area contributed by atoms with Gasteiger partial charge in [-0.2, -0.15) is 0 Å². The predicted molar refractivity (Wildman–Crippen MR) is 70.9 cm³/mol. The summed E-state index contributed by atoms with van der Waals surface area (Å²) in [4.78, 5) is 14.3. The van der Waals surface area contributed by atoms with E-state index in [1.54, 1.807) is 0 Å². The molecule has 0 bridgehead atoms. The molecule has 1 unspecified atom stereocenters. The van der Waals surface area contributed by atoms with E-state index in [0.29, 0.717) is 19.4 Å². The molecule has 19 heavy (non-hydrogen) atoms. The molecule has 1 heterocycles. The number of nitrogens with two attached hydrogens (primary N) is 1. The number of hydrogen-bond acceptors (Lipinski definition) is 4. The normalized spacial score (nSPS) is 26.3. The van der Waals surface area contributed by atoms with Gasteiger partial charge in [0.15, 0.2) is 5.84 Å². The average molecular weight is 269 g/mol. The van der Waals surface area contributed by atoms with Crippen LogP contribution < -0.4 is 5.73 Å². The summed E-state index contributed by atoms with van der Waals surface area (Å²) in [7, 11) is 0. The molecule has 0 aromatic heterocycles. The van der Waals surface area contributed by atoms with Crippen molar-refractivity contribution in [1.29, 1.82) is 0 Å². The van der Waals surface area contributed by atoms with E-state index >= 15 is 0 Å². The highest BCUT2D eigenvalue weighted by atomic mass is 16.5. The predicted octanol–water partition coefficient (Wildman–Crippen LogP) is 0.931. The third kappa shape index (κ3) is 2.83. The lowest BCUT2D eigenvalue weighted by Crippen LogP contribution is -2.49. The van der Waals surface area contributed by atoms with E-state index in [1.165, 1.54) is 0 Å². The zero-order valence-corrected chi connectivity index (χ0v) is 11.5. The highest BCUT2D eigenvalue weighted by Gasteiger charge is 2.56. The Morgan fingerprint density at radius 2 is 2.32 bits per heavy atom. The van der Waals surface area contributed by atoms with Crippen molar-refractivity contribution in [3.05, 3.63) is 0 Å². The highest BCUT2D eigenvalue weighted by molar-refractivity contribution is 6.09. The number of oxime groups is 1. The van der Waals surface area contributed by atoms with Gasteiger partial charge in [0.1, 0.15) is 5.41 Å². The minimum absolute atomic E-state index is 0.00685. The third-order valence-electron chi connectivity index (χ3n) is 3.98. The Hall–Kier alpha value is -1.30. The van der Waals surface area contributed by atoms with Crippen molar-refractivity contribution in [3.63, 3.8) is 0 Å². The largest absolute Gasteiger partial charge is 0.409 e. The van der Waals surface area contributed by atoms with Crippen LogP contribution >= 0.6 is 0 Å². The van der Waals surface area contributed by atoms with Gasteiger partial charge in [-0.25, -0.2) is 0 Å². The first-order chi connectivity index (χ1) is 9.14. The van der Waals surface area contributed by atoms with Crippen LogP contribution in [0.5, 0.6) is 0 Å². The maximum Gasteiger partial charge on any atom is 0.236 e. The lowest BCUT2D eigenvalue weighted by atomic mass is 10.0. The van der Waals surface area contributed by atoms with Crippen LogP contribution in [0.3, 0.4) is 0 Å². The van der Waals surface area contributed by atoms with Crippen LogP contribution in [0.15, 0.2) is 5.16 Å². The molecule has 108 valence electrons. The number of likely N-dealkylation sites (tertiary alicyclic amines) is 1. The van der Waals surface area contributed by atoms with E-state index in [2.05, 4.69) is 12.1 Å². The molecule has 3 N–H and O–H groups in total. The fourth-order valence-corrected chi connectivity index (χ4v) is 2.65. The van der Waals surface area contributed by atoms with E-state index in [0.717, 1.165) is 32.4 Å². The minimum Gasteiger partial charge on any atom is -0.409 e. The Labute approximate surface area is 113 Å². The molecule has 6 heteroatoms. The minimum atomic E-state index is -0.735. The molecule has 6 nitrogen and oxygen atoms in total. The van der Waals surface area contributed by atoms with Crippen molar-refractivity contribution in [2.75, 3.05) is 19.7 Å². The van der Waals surface area contributed by atoms with Crippen LogP contribution in [0, 0.1) is 5.41 Å². The standard InChI is InChI=1S/C13H23N3O3/c1-2-8-19-10-4-3-7-16(9-10)12(17)13(5-6-13)11(14)15-18/h10,18H,2-9H2,1H3,(H2,14,15). The fourth-order valence-electron chi connectivity index (χ4n) is 2.65. The monoisotopic (exact) mass is 269 g/mol. The lowest BCUT2D eigenvalue weighted by molar-refractivity contribution is -0.138. The number of rotatable bonds is 5. The Bertz CT molecular complexity index is 366. The van der Waals surface area contributed by atoms with Crippen LogP contribution in [0.1, 0.15) is 39.0 Å². The van der Waals surface area contributed by atoms with E-state index < -0.39 is 5.41 Å². The van der Waals surface area contributed by atoms with Gasteiger partial charge in [-0.1, -0.05) is 12.1 Å². The molecular weight excluding hydrogens is 246 g/mol. The number of amides is 1. The van der Waals surface area contributed by atoms with Crippen LogP contribution in [0.25, 0.3) is 0 Å². The second kappa shape index (κ2) is 5.77. The molecule has 1 aliphatic carbocycles. The molecule has 0 spiro atoms. The van der Waals surface area contributed by atoms with E-state index in [9.17, 15) is 4.79 Å². The summed E-state index contributed by atoms with van der Waals surface area (Å²) in [5.41, 5.74) is 4.92. The molecule has 1 atom stereocenters. The topological polar surface area (TPSA) is 88.2 Å². The van der Waals surface area contributed by atoms with E-state index in [4.69, 9.17) is 15.7 Å². The molecule has 1 aliphatic heterocycles. The summed E-state index contributed by atoms with van der Waals surface area (Å²) in [5.74, 6) is 0.0432. The molecule has 1 saturated carbocycles.